The van der Waals surface area contributed by atoms with Gasteiger partial charge in [-0.15, -0.1) is 0 Å². The Hall–Kier alpha value is -2.07. The van der Waals surface area contributed by atoms with Crippen LogP contribution < -0.4 is 10.1 Å². The Balaban J connectivity index is 2.33. The Morgan fingerprint density at radius 2 is 1.70 bits per heavy atom. The van der Waals surface area contributed by atoms with Crippen LogP contribution in [0.1, 0.15) is 48.0 Å². The minimum Gasteiger partial charge on any atom is -0.493 e. The number of benzene rings is 2. The standard InChI is InChI=1S/C23H33NO3/c1-7-27-23(6,14-16(2)3)22(25)24-20-12-13-21(26-15-17(4)5)19-11-9-8-10-18(19)20/h8-13,16-17H,7,14-15H2,1-6H3,(H,24,25)/t23-/m0/s1. The third-order valence-electron chi connectivity index (χ3n) is 4.45. The highest BCUT2D eigenvalue weighted by Gasteiger charge is 2.35. The molecule has 0 saturated carbocycles. The Morgan fingerprint density at radius 3 is 2.30 bits per heavy atom. The van der Waals surface area contributed by atoms with Gasteiger partial charge in [0.2, 0.25) is 0 Å². The minimum atomic E-state index is -0.850. The molecule has 1 amide bonds. The first-order chi connectivity index (χ1) is 12.8. The van der Waals surface area contributed by atoms with Gasteiger partial charge in [0.05, 0.1) is 6.61 Å². The molecule has 2 aromatic rings. The van der Waals surface area contributed by atoms with E-state index in [0.717, 1.165) is 22.2 Å². The van der Waals surface area contributed by atoms with E-state index in [1.165, 1.54) is 0 Å². The molecule has 0 aromatic heterocycles. The van der Waals surface area contributed by atoms with E-state index in [2.05, 4.69) is 33.0 Å². The molecule has 4 nitrogen and oxygen atoms in total. The van der Waals surface area contributed by atoms with Crippen molar-refractivity contribution < 1.29 is 14.3 Å². The van der Waals surface area contributed by atoms with Crippen molar-refractivity contribution in [1.29, 1.82) is 0 Å². The second-order valence-corrected chi connectivity index (χ2v) is 8.08. The predicted octanol–water partition coefficient (Wildman–Crippen LogP) is 5.65. The molecule has 1 N–H and O–H groups in total. The van der Waals surface area contributed by atoms with Crippen molar-refractivity contribution in [2.75, 3.05) is 18.5 Å². The Bertz CT molecular complexity index is 769. The van der Waals surface area contributed by atoms with Gasteiger partial charge in [-0.05, 0) is 44.2 Å². The van der Waals surface area contributed by atoms with Crippen LogP contribution in [0.4, 0.5) is 5.69 Å². The van der Waals surface area contributed by atoms with Crippen LogP contribution in [-0.4, -0.2) is 24.7 Å². The molecule has 0 aliphatic carbocycles. The molecule has 0 bridgehead atoms. The highest BCUT2D eigenvalue weighted by Crippen LogP contribution is 2.33. The third-order valence-corrected chi connectivity index (χ3v) is 4.45. The van der Waals surface area contributed by atoms with Crippen LogP contribution in [-0.2, 0) is 9.53 Å². The van der Waals surface area contributed by atoms with Crippen molar-refractivity contribution in [3.05, 3.63) is 36.4 Å². The summed E-state index contributed by atoms with van der Waals surface area (Å²) in [5, 5.41) is 5.05. The molecule has 0 heterocycles. The van der Waals surface area contributed by atoms with E-state index < -0.39 is 5.60 Å². The number of carbonyl (C=O) groups is 1. The summed E-state index contributed by atoms with van der Waals surface area (Å²) in [6, 6.07) is 11.8. The number of nitrogens with one attached hydrogen (secondary N) is 1. The van der Waals surface area contributed by atoms with Gasteiger partial charge in [0.15, 0.2) is 0 Å². The summed E-state index contributed by atoms with van der Waals surface area (Å²) in [5.41, 5.74) is -0.0706. The molecule has 0 aliphatic heterocycles. The van der Waals surface area contributed by atoms with E-state index in [1.807, 2.05) is 50.2 Å². The van der Waals surface area contributed by atoms with Gasteiger partial charge in [-0.2, -0.15) is 0 Å². The van der Waals surface area contributed by atoms with Crippen molar-refractivity contribution in [3.8, 4) is 5.75 Å². The van der Waals surface area contributed by atoms with Gasteiger partial charge in [0.25, 0.3) is 5.91 Å². The van der Waals surface area contributed by atoms with Gasteiger partial charge in [0.1, 0.15) is 11.4 Å². The van der Waals surface area contributed by atoms with Gasteiger partial charge in [-0.1, -0.05) is 52.0 Å². The summed E-state index contributed by atoms with van der Waals surface area (Å²) in [6.07, 6.45) is 0.667. The fourth-order valence-electron chi connectivity index (χ4n) is 3.33. The summed E-state index contributed by atoms with van der Waals surface area (Å²) < 4.78 is 11.8. The molecular weight excluding hydrogens is 338 g/mol. The third kappa shape index (κ3) is 5.46. The molecule has 148 valence electrons. The number of anilines is 1. The molecule has 1 atom stereocenters. The van der Waals surface area contributed by atoms with Crippen LogP contribution in [0.3, 0.4) is 0 Å². The lowest BCUT2D eigenvalue weighted by atomic mass is 9.92. The molecule has 0 unspecified atom stereocenters. The molecule has 0 fully saturated rings. The van der Waals surface area contributed by atoms with E-state index >= 15 is 0 Å². The second-order valence-electron chi connectivity index (χ2n) is 8.08. The summed E-state index contributed by atoms with van der Waals surface area (Å²) in [6.45, 7) is 13.4. The quantitative estimate of drug-likeness (QED) is 0.619. The molecule has 0 radical (unpaired) electrons. The lowest BCUT2D eigenvalue weighted by Crippen LogP contribution is -2.44. The first-order valence-electron chi connectivity index (χ1n) is 9.86. The molecule has 0 aliphatic rings. The minimum absolute atomic E-state index is 0.112. The molecular formula is C23H33NO3. The van der Waals surface area contributed by atoms with Crippen molar-refractivity contribution in [1.82, 2.24) is 0 Å². The molecule has 2 rings (SSSR count). The predicted molar refractivity (Wildman–Crippen MR) is 112 cm³/mol. The Morgan fingerprint density at radius 1 is 1.04 bits per heavy atom. The van der Waals surface area contributed by atoms with Crippen LogP contribution in [0.15, 0.2) is 36.4 Å². The second kappa shape index (κ2) is 9.23. The molecule has 27 heavy (non-hydrogen) atoms. The number of hydrogen-bond donors (Lipinski definition) is 1. The van der Waals surface area contributed by atoms with Gasteiger partial charge in [0, 0.05) is 23.1 Å². The summed E-state index contributed by atoms with van der Waals surface area (Å²) in [4.78, 5) is 13.0. The van der Waals surface area contributed by atoms with Crippen LogP contribution in [0.2, 0.25) is 0 Å². The van der Waals surface area contributed by atoms with Gasteiger partial charge in [-0.3, -0.25) is 4.79 Å². The largest absolute Gasteiger partial charge is 0.493 e. The topological polar surface area (TPSA) is 47.6 Å². The Kier molecular flexibility index (Phi) is 7.25. The van der Waals surface area contributed by atoms with Crippen molar-refractivity contribution in [2.24, 2.45) is 11.8 Å². The van der Waals surface area contributed by atoms with E-state index in [1.54, 1.807) is 0 Å². The van der Waals surface area contributed by atoms with E-state index in [0.29, 0.717) is 31.5 Å². The summed E-state index contributed by atoms with van der Waals surface area (Å²) >= 11 is 0. The zero-order chi connectivity index (χ0) is 20.0. The average Bonchev–Trinajstić information content (AvgIpc) is 2.60. The number of ether oxygens (including phenoxy) is 2. The van der Waals surface area contributed by atoms with Crippen LogP contribution in [0.25, 0.3) is 10.8 Å². The Labute approximate surface area is 163 Å². The van der Waals surface area contributed by atoms with Crippen molar-refractivity contribution >= 4 is 22.4 Å². The maximum absolute atomic E-state index is 13.0. The first kappa shape index (κ1) is 21.2. The number of rotatable bonds is 9. The van der Waals surface area contributed by atoms with E-state index in [-0.39, 0.29) is 5.91 Å². The maximum Gasteiger partial charge on any atom is 0.256 e. The maximum atomic E-state index is 13.0. The summed E-state index contributed by atoms with van der Waals surface area (Å²) in [5.74, 6) is 1.54. The van der Waals surface area contributed by atoms with Crippen LogP contribution in [0, 0.1) is 11.8 Å². The van der Waals surface area contributed by atoms with Crippen LogP contribution >= 0.6 is 0 Å². The summed E-state index contributed by atoms with van der Waals surface area (Å²) in [7, 11) is 0. The van der Waals surface area contributed by atoms with Gasteiger partial charge in [-0.25, -0.2) is 0 Å². The van der Waals surface area contributed by atoms with Gasteiger partial charge >= 0.3 is 0 Å². The smallest absolute Gasteiger partial charge is 0.256 e. The molecule has 2 aromatic carbocycles. The van der Waals surface area contributed by atoms with Crippen molar-refractivity contribution in [3.63, 3.8) is 0 Å². The average molecular weight is 372 g/mol. The van der Waals surface area contributed by atoms with Crippen molar-refractivity contribution in [2.45, 2.75) is 53.6 Å². The molecule has 0 saturated heterocycles. The first-order valence-corrected chi connectivity index (χ1v) is 9.86. The lowest BCUT2D eigenvalue weighted by Gasteiger charge is -2.30. The number of carbonyl (C=O) groups excluding carboxylic acids is 1. The number of hydrogen-bond acceptors (Lipinski definition) is 3. The zero-order valence-corrected chi connectivity index (χ0v) is 17.5. The molecule has 0 spiro atoms. The SMILES string of the molecule is CCO[C@@](C)(CC(C)C)C(=O)Nc1ccc(OCC(C)C)c2ccccc12. The number of fused-ring (bicyclic) bond motifs is 1. The van der Waals surface area contributed by atoms with E-state index in [9.17, 15) is 4.79 Å². The highest BCUT2D eigenvalue weighted by atomic mass is 16.5. The van der Waals surface area contributed by atoms with E-state index in [4.69, 9.17) is 9.47 Å². The fraction of sp³-hybridized carbons (Fsp3) is 0.522. The molecule has 4 heteroatoms. The monoisotopic (exact) mass is 371 g/mol. The fourth-order valence-corrected chi connectivity index (χ4v) is 3.33. The lowest BCUT2D eigenvalue weighted by molar-refractivity contribution is -0.140. The number of amides is 1. The van der Waals surface area contributed by atoms with Crippen LogP contribution in [0.5, 0.6) is 5.75 Å². The van der Waals surface area contributed by atoms with Gasteiger partial charge < -0.3 is 14.8 Å². The highest BCUT2D eigenvalue weighted by molar-refractivity contribution is 6.06. The zero-order valence-electron chi connectivity index (χ0n) is 17.5. The normalized spacial score (nSPS) is 13.8.